The van der Waals surface area contributed by atoms with E-state index in [1.807, 2.05) is 48.5 Å². The molecule has 0 saturated heterocycles. The van der Waals surface area contributed by atoms with Gasteiger partial charge in [-0.1, -0.05) is 24.3 Å². The van der Waals surface area contributed by atoms with Gasteiger partial charge in [0.1, 0.15) is 12.4 Å². The molecule has 0 radical (unpaired) electrons. The summed E-state index contributed by atoms with van der Waals surface area (Å²) >= 11 is 0. The lowest BCUT2D eigenvalue weighted by atomic mass is 10.1. The Balaban J connectivity index is 1.47. The van der Waals surface area contributed by atoms with Crippen LogP contribution in [0.4, 0.5) is 0 Å². The molecule has 4 rings (SSSR count). The zero-order valence-corrected chi connectivity index (χ0v) is 16.3. The minimum atomic E-state index is -0.226. The third kappa shape index (κ3) is 4.55. The van der Waals surface area contributed by atoms with Gasteiger partial charge in [0.25, 0.3) is 11.5 Å². The molecule has 30 heavy (non-hydrogen) atoms. The lowest BCUT2D eigenvalue weighted by Gasteiger charge is -2.10. The summed E-state index contributed by atoms with van der Waals surface area (Å²) in [6, 6.07) is 20.2. The summed E-state index contributed by atoms with van der Waals surface area (Å²) in [6.07, 6.45) is 5.12. The van der Waals surface area contributed by atoms with E-state index in [1.165, 1.54) is 0 Å². The van der Waals surface area contributed by atoms with Crippen molar-refractivity contribution in [3.05, 3.63) is 107 Å². The van der Waals surface area contributed by atoms with Crippen molar-refractivity contribution >= 4 is 16.7 Å². The molecule has 0 fully saturated rings. The number of aromatic nitrogens is 2. The largest absolute Gasteiger partial charge is 0.492 e. The van der Waals surface area contributed by atoms with E-state index in [1.54, 1.807) is 41.4 Å². The molecule has 0 spiro atoms. The number of ether oxygens (including phenoxy) is 1. The molecule has 0 aliphatic rings. The lowest BCUT2D eigenvalue weighted by molar-refractivity contribution is 0.0951. The fourth-order valence-electron chi connectivity index (χ4n) is 3.16. The Kier molecular flexibility index (Phi) is 5.85. The van der Waals surface area contributed by atoms with Gasteiger partial charge in [0, 0.05) is 36.1 Å². The van der Waals surface area contributed by atoms with E-state index in [-0.39, 0.29) is 11.5 Å². The second-order valence-corrected chi connectivity index (χ2v) is 6.82. The van der Waals surface area contributed by atoms with E-state index < -0.39 is 0 Å². The highest BCUT2D eigenvalue weighted by Gasteiger charge is 2.09. The molecule has 150 valence electrons. The molecule has 6 nitrogen and oxygen atoms in total. The lowest BCUT2D eigenvalue weighted by Crippen LogP contribution is -2.24. The van der Waals surface area contributed by atoms with Crippen molar-refractivity contribution in [2.75, 3.05) is 6.61 Å². The zero-order valence-electron chi connectivity index (χ0n) is 16.3. The number of fused-ring (bicyclic) bond motifs is 1. The van der Waals surface area contributed by atoms with Gasteiger partial charge in [0.05, 0.1) is 6.54 Å². The zero-order chi connectivity index (χ0) is 20.8. The van der Waals surface area contributed by atoms with Gasteiger partial charge in [-0.25, -0.2) is 0 Å². The van der Waals surface area contributed by atoms with Crippen molar-refractivity contribution in [1.29, 1.82) is 0 Å². The molecular formula is C24H21N3O3. The molecule has 0 atom stereocenters. The fraction of sp³-hybridized carbons (Fsp3) is 0.125. The van der Waals surface area contributed by atoms with E-state index >= 15 is 0 Å². The summed E-state index contributed by atoms with van der Waals surface area (Å²) in [5, 5.41) is 4.18. The average Bonchev–Trinajstić information content (AvgIpc) is 2.80. The van der Waals surface area contributed by atoms with Gasteiger partial charge in [-0.05, 0) is 53.4 Å². The van der Waals surface area contributed by atoms with Crippen LogP contribution >= 0.6 is 0 Å². The van der Waals surface area contributed by atoms with E-state index in [9.17, 15) is 9.59 Å². The molecule has 0 bridgehead atoms. The Hall–Kier alpha value is -3.93. The molecule has 1 amide bonds. The maximum atomic E-state index is 12.9. The summed E-state index contributed by atoms with van der Waals surface area (Å²) in [5.41, 5.74) is 1.26. The van der Waals surface area contributed by atoms with E-state index in [2.05, 4.69) is 10.3 Å². The van der Waals surface area contributed by atoms with Gasteiger partial charge >= 0.3 is 0 Å². The molecule has 0 unspecified atom stereocenters. The second-order valence-electron chi connectivity index (χ2n) is 6.82. The van der Waals surface area contributed by atoms with Crippen LogP contribution < -0.4 is 15.6 Å². The van der Waals surface area contributed by atoms with Crippen LogP contribution in [-0.2, 0) is 13.1 Å². The highest BCUT2D eigenvalue weighted by atomic mass is 16.5. The van der Waals surface area contributed by atoms with Crippen molar-refractivity contribution in [2.24, 2.45) is 0 Å². The van der Waals surface area contributed by atoms with Crippen LogP contribution in [-0.4, -0.2) is 22.1 Å². The average molecular weight is 399 g/mol. The topological polar surface area (TPSA) is 73.2 Å². The monoisotopic (exact) mass is 399 g/mol. The first-order valence-electron chi connectivity index (χ1n) is 9.69. The summed E-state index contributed by atoms with van der Waals surface area (Å²) < 4.78 is 7.29. The van der Waals surface area contributed by atoms with Crippen molar-refractivity contribution in [1.82, 2.24) is 14.9 Å². The highest BCUT2D eigenvalue weighted by molar-refractivity contribution is 5.98. The molecule has 6 heteroatoms. The third-order valence-electron chi connectivity index (χ3n) is 4.79. The molecule has 0 saturated carbocycles. The van der Waals surface area contributed by atoms with Crippen LogP contribution in [0, 0.1) is 0 Å². The predicted octanol–water partition coefficient (Wildman–Crippen LogP) is 3.41. The fourth-order valence-corrected chi connectivity index (χ4v) is 3.16. The summed E-state index contributed by atoms with van der Waals surface area (Å²) in [6.45, 7) is 1.19. The number of carbonyl (C=O) groups excluding carboxylic acids is 1. The summed E-state index contributed by atoms with van der Waals surface area (Å²) in [5.74, 6) is 0.537. The van der Waals surface area contributed by atoms with Gasteiger partial charge in [-0.15, -0.1) is 0 Å². The van der Waals surface area contributed by atoms with Crippen molar-refractivity contribution in [3.8, 4) is 5.75 Å². The number of benzene rings is 2. The number of para-hydroxylation sites is 1. The van der Waals surface area contributed by atoms with Crippen LogP contribution in [0.2, 0.25) is 0 Å². The van der Waals surface area contributed by atoms with Crippen LogP contribution in [0.5, 0.6) is 5.75 Å². The summed E-state index contributed by atoms with van der Waals surface area (Å²) in [7, 11) is 0. The number of nitrogens with zero attached hydrogens (tertiary/aromatic N) is 2. The summed E-state index contributed by atoms with van der Waals surface area (Å²) in [4.78, 5) is 29.4. The molecular weight excluding hydrogens is 378 g/mol. The quantitative estimate of drug-likeness (QED) is 0.517. The Morgan fingerprint density at radius 1 is 1.00 bits per heavy atom. The van der Waals surface area contributed by atoms with Crippen molar-refractivity contribution in [3.63, 3.8) is 0 Å². The number of rotatable bonds is 7. The minimum absolute atomic E-state index is 0.145. The molecule has 2 heterocycles. The Labute approximate surface area is 173 Å². The van der Waals surface area contributed by atoms with E-state index in [0.717, 1.165) is 16.7 Å². The maximum absolute atomic E-state index is 12.9. The van der Waals surface area contributed by atoms with Crippen LogP contribution in [0.3, 0.4) is 0 Å². The molecule has 4 aromatic rings. The first kappa shape index (κ1) is 19.4. The first-order chi connectivity index (χ1) is 14.7. The van der Waals surface area contributed by atoms with Crippen LogP contribution in [0.15, 0.2) is 90.1 Å². The van der Waals surface area contributed by atoms with Gasteiger partial charge in [-0.3, -0.25) is 14.6 Å². The van der Waals surface area contributed by atoms with Gasteiger partial charge < -0.3 is 14.6 Å². The van der Waals surface area contributed by atoms with Crippen LogP contribution in [0.1, 0.15) is 15.9 Å². The molecule has 2 aromatic heterocycles. The SMILES string of the molecule is O=C(NCc1ccncc1)c1ccc2ccn(CCOc3ccccc3)c(=O)c2c1. The molecule has 0 aliphatic carbocycles. The van der Waals surface area contributed by atoms with Crippen LogP contribution in [0.25, 0.3) is 10.8 Å². The maximum Gasteiger partial charge on any atom is 0.258 e. The number of pyridine rings is 2. The standard InChI is InChI=1S/C24H21N3O3/c28-23(26-17-18-8-11-25-12-9-18)20-7-6-19-10-13-27(24(29)22(19)16-20)14-15-30-21-4-2-1-3-5-21/h1-13,16H,14-15,17H2,(H,26,28). The number of amides is 1. The molecule has 2 aromatic carbocycles. The smallest absolute Gasteiger partial charge is 0.258 e. The van der Waals surface area contributed by atoms with Crippen molar-refractivity contribution < 1.29 is 9.53 Å². The minimum Gasteiger partial charge on any atom is -0.492 e. The Morgan fingerprint density at radius 3 is 2.60 bits per heavy atom. The Morgan fingerprint density at radius 2 is 1.80 bits per heavy atom. The van der Waals surface area contributed by atoms with E-state index in [4.69, 9.17) is 4.74 Å². The van der Waals surface area contributed by atoms with Gasteiger partial charge in [0.2, 0.25) is 0 Å². The van der Waals surface area contributed by atoms with Crippen molar-refractivity contribution in [2.45, 2.75) is 13.1 Å². The number of hydrogen-bond donors (Lipinski definition) is 1. The molecule has 0 aliphatic heterocycles. The van der Waals surface area contributed by atoms with Gasteiger partial charge in [0.15, 0.2) is 0 Å². The number of carbonyl (C=O) groups is 1. The number of nitrogens with one attached hydrogen (secondary N) is 1. The second kappa shape index (κ2) is 9.05. The van der Waals surface area contributed by atoms with E-state index in [0.29, 0.717) is 30.6 Å². The third-order valence-corrected chi connectivity index (χ3v) is 4.79. The first-order valence-corrected chi connectivity index (χ1v) is 9.69. The molecule has 1 N–H and O–H groups in total. The van der Waals surface area contributed by atoms with Gasteiger partial charge in [-0.2, -0.15) is 0 Å². The highest BCUT2D eigenvalue weighted by Crippen LogP contribution is 2.13. The Bertz CT molecular complexity index is 1200. The number of hydrogen-bond acceptors (Lipinski definition) is 4. The normalized spacial score (nSPS) is 10.7. The predicted molar refractivity (Wildman–Crippen MR) is 116 cm³/mol.